The maximum Gasteiger partial charge on any atom is 0.433 e. The van der Waals surface area contributed by atoms with Gasteiger partial charge in [0.25, 0.3) is 5.91 Å². The Morgan fingerprint density at radius 1 is 1.29 bits per heavy atom. The molecule has 2 heterocycles. The molecule has 7 nitrogen and oxygen atoms in total. The Hall–Kier alpha value is -2.91. The molecule has 21 heavy (non-hydrogen) atoms. The zero-order valence-corrected chi connectivity index (χ0v) is 10.1. The van der Waals surface area contributed by atoms with E-state index in [-0.39, 0.29) is 17.1 Å². The third kappa shape index (κ3) is 3.35. The van der Waals surface area contributed by atoms with Crippen LogP contribution in [0, 0.1) is 0 Å². The summed E-state index contributed by atoms with van der Waals surface area (Å²) in [6, 6.07) is 2.69. The van der Waals surface area contributed by atoms with Gasteiger partial charge in [0.2, 0.25) is 0 Å². The number of nitrogens with zero attached hydrogens (tertiary/aromatic N) is 2. The molecule has 110 valence electrons. The van der Waals surface area contributed by atoms with Crippen molar-refractivity contribution in [2.75, 3.05) is 5.32 Å². The highest BCUT2D eigenvalue weighted by Gasteiger charge is 2.32. The number of hydrogen-bond acceptors (Lipinski definition) is 4. The second-order valence-corrected chi connectivity index (χ2v) is 3.86. The Labute approximate surface area is 114 Å². The van der Waals surface area contributed by atoms with Crippen molar-refractivity contribution >= 4 is 17.7 Å². The summed E-state index contributed by atoms with van der Waals surface area (Å²) in [6.45, 7) is 0. The van der Waals surface area contributed by atoms with E-state index in [0.29, 0.717) is 6.07 Å². The predicted octanol–water partition coefficient (Wildman–Crippen LogP) is 1.77. The molecular weight excluding hydrogens is 293 g/mol. The van der Waals surface area contributed by atoms with Crippen molar-refractivity contribution in [3.05, 3.63) is 41.3 Å². The van der Waals surface area contributed by atoms with Crippen LogP contribution in [0.15, 0.2) is 24.4 Å². The van der Waals surface area contributed by atoms with Crippen molar-refractivity contribution in [3.8, 4) is 0 Å². The molecule has 0 atom stereocenters. The van der Waals surface area contributed by atoms with Gasteiger partial charge in [-0.3, -0.25) is 14.9 Å². The summed E-state index contributed by atoms with van der Waals surface area (Å²) in [6.07, 6.45) is -3.82. The third-order valence-corrected chi connectivity index (χ3v) is 2.37. The highest BCUT2D eigenvalue weighted by molar-refractivity contribution is 6.03. The second-order valence-electron chi connectivity index (χ2n) is 3.86. The number of nitrogens with one attached hydrogen (secondary N) is 2. The molecule has 2 aromatic heterocycles. The number of carboxylic acids is 1. The number of carbonyl (C=O) groups excluding carboxylic acids is 1. The zero-order chi connectivity index (χ0) is 15.6. The summed E-state index contributed by atoms with van der Waals surface area (Å²) < 4.78 is 36.9. The monoisotopic (exact) mass is 300 g/mol. The molecule has 0 unspecified atom stereocenters. The Morgan fingerprint density at radius 3 is 2.48 bits per heavy atom. The Morgan fingerprint density at radius 2 is 2.00 bits per heavy atom. The van der Waals surface area contributed by atoms with Gasteiger partial charge >= 0.3 is 12.1 Å². The Kier molecular flexibility index (Phi) is 3.61. The van der Waals surface area contributed by atoms with Crippen LogP contribution in [0.4, 0.5) is 19.0 Å². The summed E-state index contributed by atoms with van der Waals surface area (Å²) >= 11 is 0. The molecule has 0 spiro atoms. The van der Waals surface area contributed by atoms with Gasteiger partial charge in [0.15, 0.2) is 5.82 Å². The van der Waals surface area contributed by atoms with Gasteiger partial charge in [0.05, 0.1) is 5.56 Å². The van der Waals surface area contributed by atoms with Crippen molar-refractivity contribution in [1.29, 1.82) is 0 Å². The van der Waals surface area contributed by atoms with Crippen LogP contribution < -0.4 is 5.32 Å². The smallest absolute Gasteiger partial charge is 0.433 e. The minimum atomic E-state index is -4.59. The van der Waals surface area contributed by atoms with Crippen LogP contribution in [0.2, 0.25) is 0 Å². The molecule has 0 aliphatic rings. The number of hydrogen-bond donors (Lipinski definition) is 3. The lowest BCUT2D eigenvalue weighted by Gasteiger charge is -2.06. The molecular formula is C11H7F3N4O3. The van der Waals surface area contributed by atoms with Gasteiger partial charge < -0.3 is 10.4 Å². The van der Waals surface area contributed by atoms with Crippen LogP contribution >= 0.6 is 0 Å². The van der Waals surface area contributed by atoms with Gasteiger partial charge in [-0.15, -0.1) is 0 Å². The third-order valence-electron chi connectivity index (χ3n) is 2.37. The molecule has 1 amide bonds. The average molecular weight is 300 g/mol. The number of H-pyrrole nitrogens is 1. The molecule has 0 radical (unpaired) electrons. The lowest BCUT2D eigenvalue weighted by molar-refractivity contribution is -0.141. The Bertz CT molecular complexity index is 679. The summed E-state index contributed by atoms with van der Waals surface area (Å²) in [7, 11) is 0. The van der Waals surface area contributed by atoms with Crippen molar-refractivity contribution in [3.63, 3.8) is 0 Å². The fraction of sp³-hybridized carbons (Fsp3) is 0.0909. The standard InChI is InChI=1S/C11H7F3N4O3/c12-11(13,14)7-2-1-5(4-15-7)9(19)16-8-3-6(10(20)21)17-18-8/h1-4H,(H,20,21)(H2,16,17,18,19). The van der Waals surface area contributed by atoms with Crippen molar-refractivity contribution in [2.24, 2.45) is 0 Å². The van der Waals surface area contributed by atoms with Crippen LogP contribution in [0.5, 0.6) is 0 Å². The predicted molar refractivity (Wildman–Crippen MR) is 62.7 cm³/mol. The molecule has 0 saturated carbocycles. The van der Waals surface area contributed by atoms with Gasteiger partial charge in [-0.05, 0) is 12.1 Å². The average Bonchev–Trinajstić information content (AvgIpc) is 2.86. The number of halogens is 3. The number of aromatic nitrogens is 3. The summed E-state index contributed by atoms with van der Waals surface area (Å²) in [5.41, 5.74) is -1.48. The molecule has 0 aromatic carbocycles. The van der Waals surface area contributed by atoms with Gasteiger partial charge in [0.1, 0.15) is 11.4 Å². The summed E-state index contributed by atoms with van der Waals surface area (Å²) in [5.74, 6) is -2.10. The number of aromatic carboxylic acids is 1. The minimum Gasteiger partial charge on any atom is -0.477 e. The molecule has 2 rings (SSSR count). The summed E-state index contributed by atoms with van der Waals surface area (Å²) in [4.78, 5) is 25.5. The molecule has 0 fully saturated rings. The fourth-order valence-corrected chi connectivity index (χ4v) is 1.38. The van der Waals surface area contributed by atoms with Gasteiger partial charge in [-0.2, -0.15) is 18.3 Å². The van der Waals surface area contributed by atoms with Crippen molar-refractivity contribution < 1.29 is 27.9 Å². The quantitative estimate of drug-likeness (QED) is 0.800. The van der Waals surface area contributed by atoms with E-state index in [4.69, 9.17) is 5.11 Å². The molecule has 0 bridgehead atoms. The number of amides is 1. The fourth-order valence-electron chi connectivity index (χ4n) is 1.38. The van der Waals surface area contributed by atoms with Crippen molar-refractivity contribution in [2.45, 2.75) is 6.18 Å². The lowest BCUT2D eigenvalue weighted by Crippen LogP contribution is -2.14. The van der Waals surface area contributed by atoms with Crippen molar-refractivity contribution in [1.82, 2.24) is 15.2 Å². The number of rotatable bonds is 3. The Balaban J connectivity index is 2.11. The highest BCUT2D eigenvalue weighted by atomic mass is 19.4. The van der Waals surface area contributed by atoms with Crippen LogP contribution in [-0.2, 0) is 6.18 Å². The maximum atomic E-state index is 12.3. The number of aromatic amines is 1. The van der Waals surface area contributed by atoms with E-state index in [1.54, 1.807) is 0 Å². The first kappa shape index (κ1) is 14.5. The second kappa shape index (κ2) is 5.23. The van der Waals surface area contributed by atoms with E-state index < -0.39 is 23.7 Å². The van der Waals surface area contributed by atoms with Crippen LogP contribution in [0.25, 0.3) is 0 Å². The highest BCUT2D eigenvalue weighted by Crippen LogP contribution is 2.27. The zero-order valence-electron chi connectivity index (χ0n) is 10.1. The van der Waals surface area contributed by atoms with E-state index in [2.05, 4.69) is 20.5 Å². The van der Waals surface area contributed by atoms with Crippen LogP contribution in [0.3, 0.4) is 0 Å². The maximum absolute atomic E-state index is 12.3. The summed E-state index contributed by atoms with van der Waals surface area (Å²) in [5, 5.41) is 16.6. The SMILES string of the molecule is O=C(Nc1cc(C(=O)O)[nH]n1)c1ccc(C(F)(F)F)nc1. The number of anilines is 1. The largest absolute Gasteiger partial charge is 0.477 e. The number of pyridine rings is 1. The van der Waals surface area contributed by atoms with E-state index in [9.17, 15) is 22.8 Å². The van der Waals surface area contributed by atoms with E-state index in [1.807, 2.05) is 0 Å². The first-order valence-electron chi connectivity index (χ1n) is 5.40. The number of carbonyl (C=O) groups is 2. The first-order chi connectivity index (χ1) is 9.77. The van der Waals surface area contributed by atoms with E-state index in [0.717, 1.165) is 18.3 Å². The van der Waals surface area contributed by atoms with E-state index >= 15 is 0 Å². The first-order valence-corrected chi connectivity index (χ1v) is 5.40. The van der Waals surface area contributed by atoms with Gasteiger partial charge in [-0.25, -0.2) is 4.79 Å². The molecule has 3 N–H and O–H groups in total. The van der Waals surface area contributed by atoms with Crippen LogP contribution in [-0.4, -0.2) is 32.2 Å². The number of carboxylic acid groups (broad SMARTS) is 1. The van der Waals surface area contributed by atoms with Gasteiger partial charge in [-0.1, -0.05) is 0 Å². The molecule has 0 saturated heterocycles. The molecule has 0 aliphatic heterocycles. The minimum absolute atomic E-state index is 0.0719. The van der Waals surface area contributed by atoms with Crippen LogP contribution in [0.1, 0.15) is 26.5 Å². The van der Waals surface area contributed by atoms with Gasteiger partial charge in [0, 0.05) is 12.3 Å². The topological polar surface area (TPSA) is 108 Å². The number of alkyl halides is 3. The molecule has 0 aliphatic carbocycles. The molecule has 2 aromatic rings. The lowest BCUT2D eigenvalue weighted by atomic mass is 10.2. The normalized spacial score (nSPS) is 11.2. The van der Waals surface area contributed by atoms with E-state index in [1.165, 1.54) is 0 Å². The molecule has 10 heteroatoms.